The highest BCUT2D eigenvalue weighted by Gasteiger charge is 2.37. The van der Waals surface area contributed by atoms with Crippen LogP contribution in [0, 0.1) is 0 Å². The van der Waals surface area contributed by atoms with E-state index in [1.807, 2.05) is 41.1 Å². The smallest absolute Gasteiger partial charge is 0.320 e. The lowest BCUT2D eigenvalue weighted by molar-refractivity contribution is 0.159. The summed E-state index contributed by atoms with van der Waals surface area (Å²) in [5.74, 6) is 1.57. The molecule has 1 aromatic carbocycles. The molecule has 2 aromatic heterocycles. The lowest BCUT2D eigenvalue weighted by Gasteiger charge is -2.19. The number of fused-ring (bicyclic) bond motifs is 1. The maximum atomic E-state index is 13.1. The van der Waals surface area contributed by atoms with Crippen molar-refractivity contribution in [1.82, 2.24) is 25.2 Å². The molecule has 1 fully saturated rings. The normalized spacial score (nSPS) is 20.4. The minimum absolute atomic E-state index is 0.0323. The number of amides is 2. The summed E-state index contributed by atoms with van der Waals surface area (Å²) in [5.41, 5.74) is 3.13. The lowest BCUT2D eigenvalue weighted by Crippen LogP contribution is -2.42. The van der Waals surface area contributed by atoms with Crippen LogP contribution >= 0.6 is 0 Å². The third kappa shape index (κ3) is 4.13. The zero-order valence-electron chi connectivity index (χ0n) is 18.2. The Labute approximate surface area is 186 Å². The van der Waals surface area contributed by atoms with Crippen LogP contribution in [0.1, 0.15) is 29.4 Å². The second-order valence-corrected chi connectivity index (χ2v) is 8.35. The van der Waals surface area contributed by atoms with E-state index in [0.29, 0.717) is 6.61 Å². The minimum atomic E-state index is -0.236. The van der Waals surface area contributed by atoms with E-state index >= 15 is 0 Å². The Hall–Kier alpha value is -3.17. The van der Waals surface area contributed by atoms with Crippen molar-refractivity contribution in [3.63, 3.8) is 0 Å². The predicted octanol–water partition coefficient (Wildman–Crippen LogP) is 2.58. The first-order valence-corrected chi connectivity index (χ1v) is 11.1. The van der Waals surface area contributed by atoms with E-state index in [1.54, 1.807) is 13.3 Å². The number of anilines is 1. The Morgan fingerprint density at radius 1 is 1.22 bits per heavy atom. The molecule has 3 heterocycles. The van der Waals surface area contributed by atoms with E-state index in [4.69, 9.17) is 14.4 Å². The fraction of sp³-hybridized carbons (Fsp3) is 0.435. The molecule has 2 atom stereocenters. The van der Waals surface area contributed by atoms with E-state index in [1.165, 1.54) is 0 Å². The molecule has 0 bridgehead atoms. The lowest BCUT2D eigenvalue weighted by atomic mass is 10.0. The number of rotatable bonds is 7. The van der Waals surface area contributed by atoms with Crippen LogP contribution in [0.15, 0.2) is 47.1 Å². The highest BCUT2D eigenvalue weighted by Crippen LogP contribution is 2.31. The van der Waals surface area contributed by atoms with Crippen molar-refractivity contribution in [1.29, 1.82) is 0 Å². The van der Waals surface area contributed by atoms with Crippen LogP contribution in [0.5, 0.6) is 0 Å². The van der Waals surface area contributed by atoms with Gasteiger partial charge in [-0.25, -0.2) is 9.48 Å². The van der Waals surface area contributed by atoms with Gasteiger partial charge in [-0.15, -0.1) is 0 Å². The molecule has 0 spiro atoms. The molecular weight excluding hydrogens is 408 g/mol. The molecule has 3 aromatic rings. The van der Waals surface area contributed by atoms with Crippen molar-refractivity contribution in [2.75, 3.05) is 38.7 Å². The molecule has 0 unspecified atom stereocenters. The quantitative estimate of drug-likeness (QED) is 0.591. The fourth-order valence-electron chi connectivity index (χ4n) is 4.73. The molecule has 1 saturated heterocycles. The number of nitrogens with one attached hydrogen (secondary N) is 2. The van der Waals surface area contributed by atoms with Crippen LogP contribution in [0.4, 0.5) is 10.6 Å². The Kier molecular flexibility index (Phi) is 5.91. The molecule has 2 amide bonds. The molecule has 2 N–H and O–H groups in total. The summed E-state index contributed by atoms with van der Waals surface area (Å²) in [6.07, 6.45) is 4.57. The zero-order chi connectivity index (χ0) is 21.9. The third-order valence-electron chi connectivity index (χ3n) is 6.29. The van der Waals surface area contributed by atoms with Gasteiger partial charge in [-0.05, 0) is 31.4 Å². The number of carbonyl (C=O) groups is 1. The number of ether oxygens (including phenoxy) is 1. The van der Waals surface area contributed by atoms with Crippen LogP contribution in [-0.4, -0.2) is 65.3 Å². The maximum absolute atomic E-state index is 13.1. The van der Waals surface area contributed by atoms with Gasteiger partial charge in [0.2, 0.25) is 0 Å². The first-order chi connectivity index (χ1) is 15.7. The fourth-order valence-corrected chi connectivity index (χ4v) is 4.73. The van der Waals surface area contributed by atoms with Gasteiger partial charge < -0.3 is 14.6 Å². The topological polar surface area (TPSA) is 97.5 Å². The number of likely N-dealkylation sites (tertiary alicyclic amines) is 1. The number of benzene rings is 1. The second-order valence-electron chi connectivity index (χ2n) is 8.35. The van der Waals surface area contributed by atoms with Crippen LogP contribution in [0.3, 0.4) is 0 Å². The summed E-state index contributed by atoms with van der Waals surface area (Å²) < 4.78 is 12.5. The van der Waals surface area contributed by atoms with Gasteiger partial charge in [0.05, 0.1) is 36.1 Å². The molecule has 32 heavy (non-hydrogen) atoms. The van der Waals surface area contributed by atoms with Crippen LogP contribution in [0.25, 0.3) is 5.69 Å². The van der Waals surface area contributed by atoms with Gasteiger partial charge in [0.25, 0.3) is 0 Å². The molecule has 2 aliphatic rings. The molecule has 1 aliphatic heterocycles. The van der Waals surface area contributed by atoms with Crippen LogP contribution in [-0.2, 0) is 17.6 Å². The van der Waals surface area contributed by atoms with Gasteiger partial charge >= 0.3 is 6.03 Å². The van der Waals surface area contributed by atoms with E-state index in [0.717, 1.165) is 67.4 Å². The average molecular weight is 437 g/mol. The number of nitrogens with zero attached hydrogens (tertiary/aromatic N) is 4. The number of carbonyl (C=O) groups excluding carboxylic acids is 1. The summed E-state index contributed by atoms with van der Waals surface area (Å²) in [6.45, 7) is 2.94. The zero-order valence-corrected chi connectivity index (χ0v) is 18.2. The largest absolute Gasteiger partial charge is 0.383 e. The number of hydrogen-bond acceptors (Lipinski definition) is 6. The van der Waals surface area contributed by atoms with Gasteiger partial charge in [-0.2, -0.15) is 5.10 Å². The maximum Gasteiger partial charge on any atom is 0.320 e. The molecule has 9 nitrogen and oxygen atoms in total. The predicted molar refractivity (Wildman–Crippen MR) is 119 cm³/mol. The van der Waals surface area contributed by atoms with Crippen molar-refractivity contribution < 1.29 is 14.1 Å². The molecule has 0 radical (unpaired) electrons. The van der Waals surface area contributed by atoms with Gasteiger partial charge in [-0.3, -0.25) is 10.2 Å². The number of urea groups is 1. The van der Waals surface area contributed by atoms with E-state index in [-0.39, 0.29) is 18.0 Å². The average Bonchev–Trinajstić information content (AvgIpc) is 3.59. The van der Waals surface area contributed by atoms with E-state index in [2.05, 4.69) is 20.7 Å². The number of aromatic nitrogens is 3. The molecule has 0 saturated carbocycles. The van der Waals surface area contributed by atoms with Crippen molar-refractivity contribution in [2.45, 2.75) is 31.2 Å². The van der Waals surface area contributed by atoms with E-state index in [9.17, 15) is 4.79 Å². The Morgan fingerprint density at radius 3 is 2.88 bits per heavy atom. The number of methoxy groups -OCH3 is 1. The summed E-state index contributed by atoms with van der Waals surface area (Å²) in [5, 5.41) is 14.9. The van der Waals surface area contributed by atoms with Gasteiger partial charge in [0.1, 0.15) is 11.6 Å². The Morgan fingerprint density at radius 2 is 2.09 bits per heavy atom. The minimum Gasteiger partial charge on any atom is -0.383 e. The van der Waals surface area contributed by atoms with Gasteiger partial charge in [0.15, 0.2) is 0 Å². The van der Waals surface area contributed by atoms with Crippen molar-refractivity contribution >= 4 is 11.8 Å². The summed E-state index contributed by atoms with van der Waals surface area (Å²) in [7, 11) is 1.70. The standard InChI is InChI=1S/C23H28N6O3/c1-31-13-12-28-14-18(21-10-11-24-32-21)20(15-28)25-23(30)26-22-17-8-5-9-19(17)27-29(22)16-6-3-2-4-7-16/h2-4,6-7,10-11,18,20H,5,8-9,12-15H2,1H3,(H2,25,26,30)/t18-,20-/m1/s1. The Balaban J connectivity index is 1.34. The molecule has 1 aliphatic carbocycles. The van der Waals surface area contributed by atoms with Crippen molar-refractivity contribution in [3.05, 3.63) is 59.6 Å². The highest BCUT2D eigenvalue weighted by molar-refractivity contribution is 5.90. The summed E-state index contributed by atoms with van der Waals surface area (Å²) in [4.78, 5) is 15.4. The van der Waals surface area contributed by atoms with Crippen LogP contribution in [0.2, 0.25) is 0 Å². The number of para-hydroxylation sites is 1. The number of aryl methyl sites for hydroxylation is 1. The van der Waals surface area contributed by atoms with Crippen molar-refractivity contribution in [3.8, 4) is 5.69 Å². The van der Waals surface area contributed by atoms with E-state index < -0.39 is 0 Å². The number of hydrogen-bond donors (Lipinski definition) is 2. The van der Waals surface area contributed by atoms with Crippen LogP contribution < -0.4 is 10.6 Å². The molecular formula is C23H28N6O3. The first kappa shape index (κ1) is 20.7. The first-order valence-electron chi connectivity index (χ1n) is 11.1. The van der Waals surface area contributed by atoms with Crippen molar-refractivity contribution in [2.24, 2.45) is 0 Å². The highest BCUT2D eigenvalue weighted by atomic mass is 16.5. The SMILES string of the molecule is COCCN1C[C@@H](NC(=O)Nc2c3c(nn2-c2ccccc2)CCC3)[C@H](c2ccno2)C1. The second kappa shape index (κ2) is 9.13. The Bertz CT molecular complexity index is 1050. The molecule has 9 heteroatoms. The van der Waals surface area contributed by atoms with Gasteiger partial charge in [0, 0.05) is 38.4 Å². The van der Waals surface area contributed by atoms with Gasteiger partial charge in [-0.1, -0.05) is 23.4 Å². The molecule has 168 valence electrons. The summed E-state index contributed by atoms with van der Waals surface area (Å²) in [6, 6.07) is 11.4. The third-order valence-corrected chi connectivity index (χ3v) is 6.29. The summed E-state index contributed by atoms with van der Waals surface area (Å²) >= 11 is 0. The molecule has 5 rings (SSSR count). The monoisotopic (exact) mass is 436 g/mol.